The number of carboxylic acid groups (broad SMARTS) is 1. The molecule has 0 aromatic heterocycles. The lowest BCUT2D eigenvalue weighted by molar-refractivity contribution is -0.132. The number of aliphatic carboxylic acids is 1. The van der Waals surface area contributed by atoms with Gasteiger partial charge in [0, 0.05) is 5.57 Å². The lowest BCUT2D eigenvalue weighted by atomic mass is 10.4. The highest BCUT2D eigenvalue weighted by Crippen LogP contribution is 2.01. The van der Waals surface area contributed by atoms with Crippen LogP contribution in [0.1, 0.15) is 13.8 Å². The molecule has 0 atom stereocenters. The number of carbonyl (C=O) groups is 1. The Morgan fingerprint density at radius 2 is 2.08 bits per heavy atom. The van der Waals surface area contributed by atoms with E-state index < -0.39 is 16.1 Å². The van der Waals surface area contributed by atoms with Crippen LogP contribution in [0.15, 0.2) is 11.0 Å². The Morgan fingerprint density at radius 1 is 1.58 bits per heavy atom. The van der Waals surface area contributed by atoms with Crippen molar-refractivity contribution < 1.29 is 22.5 Å². The SMILES string of the molecule is CCOS(=O)(=O)C=C(C)C(=O)O. The maximum Gasteiger partial charge on any atom is 0.332 e. The highest BCUT2D eigenvalue weighted by molar-refractivity contribution is 7.89. The molecular formula is C6H10O5S. The van der Waals surface area contributed by atoms with Crippen LogP contribution < -0.4 is 0 Å². The van der Waals surface area contributed by atoms with Crippen LogP contribution in [0.3, 0.4) is 0 Å². The lowest BCUT2D eigenvalue weighted by Crippen LogP contribution is -2.05. The Morgan fingerprint density at radius 3 is 2.42 bits per heavy atom. The summed E-state index contributed by atoms with van der Waals surface area (Å²) in [6, 6.07) is 0. The molecule has 0 fully saturated rings. The molecular weight excluding hydrogens is 184 g/mol. The molecule has 0 saturated carbocycles. The third-order valence-electron chi connectivity index (χ3n) is 0.941. The van der Waals surface area contributed by atoms with Gasteiger partial charge in [-0.25, -0.2) is 4.79 Å². The largest absolute Gasteiger partial charge is 0.478 e. The van der Waals surface area contributed by atoms with E-state index in [2.05, 4.69) is 4.18 Å². The molecule has 5 nitrogen and oxygen atoms in total. The first-order valence-electron chi connectivity index (χ1n) is 3.20. The molecule has 6 heteroatoms. The highest BCUT2D eigenvalue weighted by Gasteiger charge is 2.09. The Labute approximate surface area is 70.8 Å². The van der Waals surface area contributed by atoms with E-state index in [-0.39, 0.29) is 12.2 Å². The first-order valence-corrected chi connectivity index (χ1v) is 4.67. The molecule has 0 aliphatic rings. The summed E-state index contributed by atoms with van der Waals surface area (Å²) in [5, 5.41) is 8.91. The zero-order valence-electron chi connectivity index (χ0n) is 6.77. The van der Waals surface area contributed by atoms with E-state index in [1.807, 2.05) is 0 Å². The van der Waals surface area contributed by atoms with Crippen LogP contribution in [0.4, 0.5) is 0 Å². The van der Waals surface area contributed by atoms with Crippen molar-refractivity contribution in [3.63, 3.8) is 0 Å². The zero-order valence-corrected chi connectivity index (χ0v) is 7.59. The van der Waals surface area contributed by atoms with Crippen molar-refractivity contribution in [1.29, 1.82) is 0 Å². The number of hydrogen-bond donors (Lipinski definition) is 1. The van der Waals surface area contributed by atoms with Crippen molar-refractivity contribution in [2.75, 3.05) is 6.61 Å². The minimum absolute atomic E-state index is 0.00820. The monoisotopic (exact) mass is 194 g/mol. The van der Waals surface area contributed by atoms with E-state index in [1.165, 1.54) is 13.8 Å². The normalized spacial score (nSPS) is 13.0. The van der Waals surface area contributed by atoms with Gasteiger partial charge in [0.25, 0.3) is 10.1 Å². The second kappa shape index (κ2) is 4.22. The van der Waals surface area contributed by atoms with Crippen LogP contribution in [0.2, 0.25) is 0 Å². The lowest BCUT2D eigenvalue weighted by Gasteiger charge is -1.97. The molecule has 0 rings (SSSR count). The summed E-state index contributed by atoms with van der Waals surface area (Å²) >= 11 is 0. The van der Waals surface area contributed by atoms with E-state index >= 15 is 0 Å². The fraction of sp³-hybridized carbons (Fsp3) is 0.500. The maximum atomic E-state index is 10.8. The maximum absolute atomic E-state index is 10.8. The second-order valence-corrected chi connectivity index (χ2v) is 3.46. The predicted molar refractivity (Wildman–Crippen MR) is 41.9 cm³/mol. The number of carboxylic acids is 1. The summed E-state index contributed by atoms with van der Waals surface area (Å²) in [7, 11) is -3.82. The number of hydrogen-bond acceptors (Lipinski definition) is 4. The smallest absolute Gasteiger partial charge is 0.332 e. The molecule has 0 bridgehead atoms. The summed E-state index contributed by atoms with van der Waals surface area (Å²) in [5.74, 6) is -1.28. The van der Waals surface area contributed by atoms with Crippen LogP contribution in [-0.2, 0) is 19.1 Å². The topological polar surface area (TPSA) is 80.7 Å². The van der Waals surface area contributed by atoms with Crippen LogP contribution in [0.5, 0.6) is 0 Å². The average Bonchev–Trinajstić information content (AvgIpc) is 1.85. The van der Waals surface area contributed by atoms with E-state index in [0.717, 1.165) is 0 Å². The predicted octanol–water partition coefficient (Wildman–Crippen LogP) is 0.341. The van der Waals surface area contributed by atoms with Gasteiger partial charge in [-0.3, -0.25) is 4.18 Å². The summed E-state index contributed by atoms with van der Waals surface area (Å²) in [6.07, 6.45) is 0. The molecule has 0 radical (unpaired) electrons. The third-order valence-corrected chi connectivity index (χ3v) is 2.15. The van der Waals surface area contributed by atoms with E-state index in [1.54, 1.807) is 0 Å². The van der Waals surface area contributed by atoms with Crippen molar-refractivity contribution >= 4 is 16.1 Å². The molecule has 0 aromatic carbocycles. The van der Waals surface area contributed by atoms with Gasteiger partial charge in [-0.05, 0) is 13.8 Å². The average molecular weight is 194 g/mol. The van der Waals surface area contributed by atoms with Crippen LogP contribution in [0, 0.1) is 0 Å². The molecule has 0 aliphatic carbocycles. The molecule has 0 aromatic rings. The van der Waals surface area contributed by atoms with Crippen molar-refractivity contribution in [2.45, 2.75) is 13.8 Å². The summed E-state index contributed by atoms with van der Waals surface area (Å²) in [6.45, 7) is 2.67. The van der Waals surface area contributed by atoms with Crippen LogP contribution in [-0.4, -0.2) is 26.1 Å². The van der Waals surface area contributed by atoms with Gasteiger partial charge >= 0.3 is 5.97 Å². The first kappa shape index (κ1) is 11.1. The van der Waals surface area contributed by atoms with Gasteiger partial charge in [0.05, 0.1) is 12.0 Å². The first-order chi connectivity index (χ1) is 5.39. The molecule has 0 amide bonds. The van der Waals surface area contributed by atoms with Gasteiger partial charge in [-0.1, -0.05) is 0 Å². The molecule has 0 heterocycles. The Bertz CT molecular complexity index is 287. The van der Waals surface area contributed by atoms with Crippen molar-refractivity contribution in [3.05, 3.63) is 11.0 Å². The molecule has 0 spiro atoms. The van der Waals surface area contributed by atoms with Gasteiger partial charge in [0.2, 0.25) is 0 Å². The molecule has 0 aliphatic heterocycles. The highest BCUT2D eigenvalue weighted by atomic mass is 32.2. The number of rotatable bonds is 4. The summed E-state index contributed by atoms with van der Waals surface area (Å²) in [4.78, 5) is 10.2. The minimum Gasteiger partial charge on any atom is -0.478 e. The molecule has 12 heavy (non-hydrogen) atoms. The Kier molecular flexibility index (Phi) is 3.91. The quantitative estimate of drug-likeness (QED) is 0.515. The third kappa shape index (κ3) is 4.09. The van der Waals surface area contributed by atoms with Gasteiger partial charge in [0.1, 0.15) is 0 Å². The molecule has 70 valence electrons. The van der Waals surface area contributed by atoms with Crippen LogP contribution >= 0.6 is 0 Å². The fourth-order valence-electron chi connectivity index (χ4n) is 0.465. The van der Waals surface area contributed by atoms with E-state index in [9.17, 15) is 13.2 Å². The molecule has 1 N–H and O–H groups in total. The Balaban J connectivity index is 4.63. The summed E-state index contributed by atoms with van der Waals surface area (Å²) < 4.78 is 25.8. The van der Waals surface area contributed by atoms with Crippen molar-refractivity contribution in [3.8, 4) is 0 Å². The van der Waals surface area contributed by atoms with Gasteiger partial charge < -0.3 is 5.11 Å². The van der Waals surface area contributed by atoms with E-state index in [0.29, 0.717) is 5.41 Å². The second-order valence-electron chi connectivity index (χ2n) is 2.01. The summed E-state index contributed by atoms with van der Waals surface area (Å²) in [5.41, 5.74) is -0.275. The fourth-order valence-corrected chi connectivity index (χ4v) is 1.40. The van der Waals surface area contributed by atoms with Gasteiger partial charge in [-0.15, -0.1) is 0 Å². The van der Waals surface area contributed by atoms with Crippen molar-refractivity contribution in [2.24, 2.45) is 0 Å². The minimum atomic E-state index is -3.82. The molecule has 0 unspecified atom stereocenters. The van der Waals surface area contributed by atoms with Crippen molar-refractivity contribution in [1.82, 2.24) is 0 Å². The van der Waals surface area contributed by atoms with E-state index in [4.69, 9.17) is 5.11 Å². The standard InChI is InChI=1S/C6H10O5S/c1-3-11-12(9,10)4-5(2)6(7)8/h4H,3H2,1-2H3,(H,7,8). The van der Waals surface area contributed by atoms with Gasteiger partial charge in [0.15, 0.2) is 0 Å². The van der Waals surface area contributed by atoms with Crippen LogP contribution in [0.25, 0.3) is 0 Å². The Hall–Kier alpha value is -0.880. The molecule has 0 saturated heterocycles. The zero-order chi connectivity index (χ0) is 9.78. The van der Waals surface area contributed by atoms with Gasteiger partial charge in [-0.2, -0.15) is 8.42 Å².